The molecule has 0 fully saturated rings. The Kier molecular flexibility index (Phi) is 7.07. The SMILES string of the molecule is C[C@H](NC(=O)C(=O)N/N=C\c1ccccc1OCC(N)=O)c1ccccc1. The van der Waals surface area contributed by atoms with Gasteiger partial charge in [-0.3, -0.25) is 14.4 Å². The molecule has 0 aromatic heterocycles. The van der Waals surface area contributed by atoms with Crippen LogP contribution in [0.2, 0.25) is 0 Å². The number of nitrogens with one attached hydrogen (secondary N) is 2. The molecule has 2 aromatic carbocycles. The minimum Gasteiger partial charge on any atom is -0.483 e. The molecule has 0 heterocycles. The van der Waals surface area contributed by atoms with Crippen molar-refractivity contribution in [2.24, 2.45) is 10.8 Å². The Morgan fingerprint density at radius 2 is 1.74 bits per heavy atom. The molecule has 0 saturated heterocycles. The Morgan fingerprint density at radius 1 is 1.07 bits per heavy atom. The molecule has 27 heavy (non-hydrogen) atoms. The predicted octanol–water partition coefficient (Wildman–Crippen LogP) is 0.878. The van der Waals surface area contributed by atoms with E-state index in [1.165, 1.54) is 6.21 Å². The first-order valence-electron chi connectivity index (χ1n) is 8.16. The van der Waals surface area contributed by atoms with Crippen LogP contribution in [0.25, 0.3) is 0 Å². The van der Waals surface area contributed by atoms with Gasteiger partial charge in [-0.1, -0.05) is 42.5 Å². The molecule has 0 aliphatic heterocycles. The molecule has 8 nitrogen and oxygen atoms in total. The van der Waals surface area contributed by atoms with E-state index in [0.717, 1.165) is 5.56 Å². The molecular formula is C19H20N4O4. The lowest BCUT2D eigenvalue weighted by Gasteiger charge is -2.13. The molecule has 2 rings (SSSR count). The van der Waals surface area contributed by atoms with E-state index >= 15 is 0 Å². The number of nitrogens with two attached hydrogens (primary N) is 1. The fraction of sp³-hybridized carbons (Fsp3) is 0.158. The molecule has 0 unspecified atom stereocenters. The van der Waals surface area contributed by atoms with Gasteiger partial charge in [0.25, 0.3) is 5.91 Å². The third-order valence-corrected chi connectivity index (χ3v) is 3.51. The second-order valence-electron chi connectivity index (χ2n) is 5.60. The van der Waals surface area contributed by atoms with Crippen molar-refractivity contribution in [3.8, 4) is 5.75 Å². The highest BCUT2D eigenvalue weighted by atomic mass is 16.5. The van der Waals surface area contributed by atoms with Crippen molar-refractivity contribution in [3.63, 3.8) is 0 Å². The highest BCUT2D eigenvalue weighted by Crippen LogP contribution is 2.15. The molecule has 140 valence electrons. The number of nitrogens with zero attached hydrogens (tertiary/aromatic N) is 1. The van der Waals surface area contributed by atoms with E-state index in [4.69, 9.17) is 10.5 Å². The first kappa shape index (κ1) is 19.6. The second kappa shape index (κ2) is 9.71. The van der Waals surface area contributed by atoms with E-state index in [9.17, 15) is 14.4 Å². The van der Waals surface area contributed by atoms with Crippen molar-refractivity contribution in [2.45, 2.75) is 13.0 Å². The number of rotatable bonds is 7. The van der Waals surface area contributed by atoms with Gasteiger partial charge in [0, 0.05) is 5.56 Å². The zero-order chi connectivity index (χ0) is 19.6. The lowest BCUT2D eigenvalue weighted by Crippen LogP contribution is -2.39. The molecule has 4 N–H and O–H groups in total. The summed E-state index contributed by atoms with van der Waals surface area (Å²) in [7, 11) is 0. The van der Waals surface area contributed by atoms with Gasteiger partial charge in [0.2, 0.25) is 0 Å². The van der Waals surface area contributed by atoms with Gasteiger partial charge in [0.15, 0.2) is 6.61 Å². The van der Waals surface area contributed by atoms with E-state index < -0.39 is 17.7 Å². The van der Waals surface area contributed by atoms with Crippen molar-refractivity contribution in [2.75, 3.05) is 6.61 Å². The van der Waals surface area contributed by atoms with Gasteiger partial charge < -0.3 is 15.8 Å². The van der Waals surface area contributed by atoms with E-state index in [1.807, 2.05) is 30.3 Å². The molecule has 2 aromatic rings. The maximum absolute atomic E-state index is 11.9. The number of benzene rings is 2. The minimum absolute atomic E-state index is 0.281. The van der Waals surface area contributed by atoms with Crippen molar-refractivity contribution < 1.29 is 19.1 Å². The molecule has 8 heteroatoms. The highest BCUT2D eigenvalue weighted by Gasteiger charge is 2.16. The van der Waals surface area contributed by atoms with E-state index in [0.29, 0.717) is 11.3 Å². The first-order chi connectivity index (χ1) is 13.0. The fourth-order valence-electron chi connectivity index (χ4n) is 2.17. The van der Waals surface area contributed by atoms with Crippen molar-refractivity contribution in [3.05, 3.63) is 65.7 Å². The molecule has 0 aliphatic carbocycles. The topological polar surface area (TPSA) is 123 Å². The Morgan fingerprint density at radius 3 is 2.44 bits per heavy atom. The number of carbonyl (C=O) groups is 3. The summed E-state index contributed by atoms with van der Waals surface area (Å²) in [5.74, 6) is -1.94. The summed E-state index contributed by atoms with van der Waals surface area (Å²) in [6.45, 7) is 1.49. The fourth-order valence-corrected chi connectivity index (χ4v) is 2.17. The molecule has 0 aliphatic rings. The van der Waals surface area contributed by atoms with Crippen LogP contribution in [0, 0.1) is 0 Å². The van der Waals surface area contributed by atoms with Crippen LogP contribution in [0.1, 0.15) is 24.1 Å². The standard InChI is InChI=1S/C19H20N4O4/c1-13(14-7-3-2-4-8-14)22-18(25)19(26)23-21-11-15-9-5-6-10-16(15)27-12-17(20)24/h2-11,13H,12H2,1H3,(H2,20,24)(H,22,25)(H,23,26)/b21-11-/t13-/m0/s1. The number of amides is 3. The number of hydrogen-bond acceptors (Lipinski definition) is 5. The van der Waals surface area contributed by atoms with Crippen LogP contribution < -0.4 is 21.2 Å². The Bertz CT molecular complexity index is 837. The molecular weight excluding hydrogens is 348 g/mol. The van der Waals surface area contributed by atoms with Gasteiger partial charge >= 0.3 is 11.8 Å². The molecule has 0 spiro atoms. The maximum atomic E-state index is 11.9. The zero-order valence-electron chi connectivity index (χ0n) is 14.7. The summed E-state index contributed by atoms with van der Waals surface area (Å²) in [6.07, 6.45) is 1.31. The third-order valence-electron chi connectivity index (χ3n) is 3.51. The van der Waals surface area contributed by atoms with E-state index in [-0.39, 0.29) is 12.6 Å². The summed E-state index contributed by atoms with van der Waals surface area (Å²) in [5.41, 5.74) is 8.59. The van der Waals surface area contributed by atoms with Gasteiger partial charge in [-0.15, -0.1) is 0 Å². The quantitative estimate of drug-likeness (QED) is 0.381. The Hall–Kier alpha value is -3.68. The van der Waals surface area contributed by atoms with Crippen LogP contribution >= 0.6 is 0 Å². The Balaban J connectivity index is 1.91. The third kappa shape index (κ3) is 6.28. The lowest BCUT2D eigenvalue weighted by molar-refractivity contribution is -0.139. The van der Waals surface area contributed by atoms with Crippen LogP contribution in [-0.4, -0.2) is 30.5 Å². The van der Waals surface area contributed by atoms with Crippen molar-refractivity contribution in [1.29, 1.82) is 0 Å². The highest BCUT2D eigenvalue weighted by molar-refractivity contribution is 6.35. The summed E-state index contributed by atoms with van der Waals surface area (Å²) in [5, 5.41) is 6.34. The van der Waals surface area contributed by atoms with Crippen molar-refractivity contribution in [1.82, 2.24) is 10.7 Å². The minimum atomic E-state index is -0.899. The van der Waals surface area contributed by atoms with Crippen LogP contribution in [0.3, 0.4) is 0 Å². The zero-order valence-corrected chi connectivity index (χ0v) is 14.7. The van der Waals surface area contributed by atoms with E-state index in [1.54, 1.807) is 31.2 Å². The molecule has 0 bridgehead atoms. The normalized spacial score (nSPS) is 11.6. The van der Waals surface area contributed by atoms with Gasteiger partial charge in [-0.2, -0.15) is 5.10 Å². The first-order valence-corrected chi connectivity index (χ1v) is 8.16. The van der Waals surface area contributed by atoms with Gasteiger partial charge in [0.1, 0.15) is 5.75 Å². The smallest absolute Gasteiger partial charge is 0.329 e. The predicted molar refractivity (Wildman–Crippen MR) is 99.9 cm³/mol. The maximum Gasteiger partial charge on any atom is 0.329 e. The van der Waals surface area contributed by atoms with Crippen LogP contribution in [0.4, 0.5) is 0 Å². The number of ether oxygens (including phenoxy) is 1. The van der Waals surface area contributed by atoms with Crippen molar-refractivity contribution >= 4 is 23.9 Å². The largest absolute Gasteiger partial charge is 0.483 e. The summed E-state index contributed by atoms with van der Waals surface area (Å²) in [6, 6.07) is 15.7. The number of primary amides is 1. The number of carbonyl (C=O) groups excluding carboxylic acids is 3. The number of para-hydroxylation sites is 1. The van der Waals surface area contributed by atoms with Gasteiger partial charge in [0.05, 0.1) is 12.3 Å². The monoisotopic (exact) mass is 368 g/mol. The average molecular weight is 368 g/mol. The molecule has 1 atom stereocenters. The van der Waals surface area contributed by atoms with Crippen LogP contribution in [-0.2, 0) is 14.4 Å². The van der Waals surface area contributed by atoms with Crippen LogP contribution in [0.5, 0.6) is 5.75 Å². The summed E-state index contributed by atoms with van der Waals surface area (Å²) < 4.78 is 5.25. The van der Waals surface area contributed by atoms with Gasteiger partial charge in [-0.25, -0.2) is 5.43 Å². The summed E-state index contributed by atoms with van der Waals surface area (Å²) in [4.78, 5) is 34.6. The number of hydrazone groups is 1. The molecule has 3 amide bonds. The molecule has 0 radical (unpaired) electrons. The second-order valence-corrected chi connectivity index (χ2v) is 5.60. The Labute approximate surface area is 156 Å². The van der Waals surface area contributed by atoms with Crippen LogP contribution in [0.15, 0.2) is 59.7 Å². The number of hydrogen-bond donors (Lipinski definition) is 3. The summed E-state index contributed by atoms with van der Waals surface area (Å²) >= 11 is 0. The van der Waals surface area contributed by atoms with E-state index in [2.05, 4.69) is 15.8 Å². The lowest BCUT2D eigenvalue weighted by atomic mass is 10.1. The van der Waals surface area contributed by atoms with Gasteiger partial charge in [-0.05, 0) is 24.6 Å². The molecule has 0 saturated carbocycles. The average Bonchev–Trinajstić information content (AvgIpc) is 2.67.